The molecule has 3 rings (SSSR count). The third kappa shape index (κ3) is 5.40. The van der Waals surface area contributed by atoms with Gasteiger partial charge in [-0.3, -0.25) is 14.7 Å². The van der Waals surface area contributed by atoms with Crippen LogP contribution in [-0.4, -0.2) is 34.9 Å². The van der Waals surface area contributed by atoms with Crippen molar-refractivity contribution in [1.82, 2.24) is 15.2 Å². The Morgan fingerprint density at radius 1 is 1.12 bits per heavy atom. The van der Waals surface area contributed by atoms with Crippen LogP contribution in [0.4, 0.5) is 0 Å². The summed E-state index contributed by atoms with van der Waals surface area (Å²) in [5.74, 6) is 0.177. The Morgan fingerprint density at radius 3 is 2.76 bits per heavy atom. The smallest absolute Gasteiger partial charge is 0.237 e. The highest BCUT2D eigenvalue weighted by Gasteiger charge is 2.28. The van der Waals surface area contributed by atoms with Crippen LogP contribution in [0, 0.1) is 0 Å². The summed E-state index contributed by atoms with van der Waals surface area (Å²) in [7, 11) is 0. The molecule has 0 radical (unpaired) electrons. The second-order valence-electron chi connectivity index (χ2n) is 6.68. The maximum absolute atomic E-state index is 12.6. The Labute approximate surface area is 150 Å². The van der Waals surface area contributed by atoms with Crippen molar-refractivity contribution in [2.75, 3.05) is 13.1 Å². The van der Waals surface area contributed by atoms with Crippen molar-refractivity contribution in [3.8, 4) is 0 Å². The lowest BCUT2D eigenvalue weighted by molar-refractivity contribution is -0.127. The van der Waals surface area contributed by atoms with Crippen LogP contribution in [0.3, 0.4) is 0 Å². The van der Waals surface area contributed by atoms with Crippen molar-refractivity contribution in [2.24, 2.45) is 0 Å². The Hall–Kier alpha value is -2.20. The Balaban J connectivity index is 1.47. The number of pyridine rings is 1. The first-order valence-electron chi connectivity index (χ1n) is 9.28. The van der Waals surface area contributed by atoms with Gasteiger partial charge in [-0.05, 0) is 49.9 Å². The van der Waals surface area contributed by atoms with Gasteiger partial charge < -0.3 is 5.32 Å². The molecule has 1 aromatic heterocycles. The Kier molecular flexibility index (Phi) is 6.57. The average molecular weight is 337 g/mol. The number of aromatic nitrogens is 1. The number of rotatable bonds is 7. The van der Waals surface area contributed by atoms with Gasteiger partial charge in [-0.15, -0.1) is 0 Å². The zero-order valence-electron chi connectivity index (χ0n) is 14.7. The van der Waals surface area contributed by atoms with Gasteiger partial charge in [-0.1, -0.05) is 42.8 Å². The van der Waals surface area contributed by atoms with Crippen molar-refractivity contribution < 1.29 is 4.79 Å². The maximum atomic E-state index is 12.6. The van der Waals surface area contributed by atoms with Crippen LogP contribution >= 0.6 is 0 Å². The molecule has 1 aromatic carbocycles. The summed E-state index contributed by atoms with van der Waals surface area (Å²) < 4.78 is 0. The predicted molar refractivity (Wildman–Crippen MR) is 100 cm³/mol. The number of hydrogen-bond donors (Lipinski definition) is 1. The van der Waals surface area contributed by atoms with Crippen LogP contribution in [0.15, 0.2) is 54.7 Å². The van der Waals surface area contributed by atoms with Gasteiger partial charge in [0.15, 0.2) is 0 Å². The first kappa shape index (κ1) is 17.6. The number of carbonyl (C=O) groups is 1. The van der Waals surface area contributed by atoms with E-state index in [1.54, 1.807) is 0 Å². The van der Waals surface area contributed by atoms with E-state index in [0.29, 0.717) is 6.54 Å². The number of likely N-dealkylation sites (tertiary alicyclic amines) is 1. The van der Waals surface area contributed by atoms with Gasteiger partial charge in [-0.25, -0.2) is 0 Å². The largest absolute Gasteiger partial charge is 0.355 e. The highest BCUT2D eigenvalue weighted by atomic mass is 16.2. The Morgan fingerprint density at radius 2 is 1.96 bits per heavy atom. The molecular formula is C21H27N3O. The van der Waals surface area contributed by atoms with Gasteiger partial charge in [-0.2, -0.15) is 0 Å². The molecule has 0 bridgehead atoms. The molecule has 132 valence electrons. The molecular weight excluding hydrogens is 310 g/mol. The van der Waals surface area contributed by atoms with E-state index in [0.717, 1.165) is 44.5 Å². The number of hydrogen-bond acceptors (Lipinski definition) is 3. The molecule has 0 spiro atoms. The summed E-state index contributed by atoms with van der Waals surface area (Å²) in [6, 6.07) is 16.4. The van der Waals surface area contributed by atoms with Crippen LogP contribution in [0.2, 0.25) is 0 Å². The number of benzene rings is 1. The van der Waals surface area contributed by atoms with Gasteiger partial charge in [0.2, 0.25) is 5.91 Å². The first-order valence-corrected chi connectivity index (χ1v) is 9.28. The molecule has 2 aromatic rings. The van der Waals surface area contributed by atoms with E-state index in [4.69, 9.17) is 0 Å². The van der Waals surface area contributed by atoms with Crippen molar-refractivity contribution in [2.45, 2.75) is 44.7 Å². The number of carbonyl (C=O) groups excluding carboxylic acids is 1. The zero-order valence-corrected chi connectivity index (χ0v) is 14.7. The fourth-order valence-electron chi connectivity index (χ4n) is 3.44. The molecule has 1 aliphatic heterocycles. The lowest BCUT2D eigenvalue weighted by atomic mass is 10.0. The highest BCUT2D eigenvalue weighted by Crippen LogP contribution is 2.19. The van der Waals surface area contributed by atoms with Crippen LogP contribution in [-0.2, 0) is 17.8 Å². The zero-order chi connectivity index (χ0) is 17.3. The number of nitrogens with one attached hydrogen (secondary N) is 1. The minimum Gasteiger partial charge on any atom is -0.355 e. The second-order valence-corrected chi connectivity index (χ2v) is 6.68. The van der Waals surface area contributed by atoms with E-state index >= 15 is 0 Å². The molecule has 1 N–H and O–H groups in total. The summed E-state index contributed by atoms with van der Waals surface area (Å²) in [5.41, 5.74) is 2.36. The minimum absolute atomic E-state index is 0.00352. The van der Waals surface area contributed by atoms with E-state index in [9.17, 15) is 4.79 Å². The molecule has 1 aliphatic rings. The maximum Gasteiger partial charge on any atom is 0.237 e. The molecule has 1 atom stereocenters. The van der Waals surface area contributed by atoms with E-state index < -0.39 is 0 Å². The third-order valence-electron chi connectivity index (χ3n) is 4.78. The summed E-state index contributed by atoms with van der Waals surface area (Å²) in [6.45, 7) is 2.57. The predicted octanol–water partition coefficient (Wildman–Crippen LogP) is 3.19. The molecule has 4 heteroatoms. The summed E-state index contributed by atoms with van der Waals surface area (Å²) >= 11 is 0. The van der Waals surface area contributed by atoms with Gasteiger partial charge in [0, 0.05) is 25.0 Å². The first-order chi connectivity index (χ1) is 12.3. The molecule has 2 heterocycles. The monoisotopic (exact) mass is 337 g/mol. The minimum atomic E-state index is 0.00352. The quantitative estimate of drug-likeness (QED) is 0.789. The summed E-state index contributed by atoms with van der Waals surface area (Å²) in [4.78, 5) is 19.3. The van der Waals surface area contributed by atoms with E-state index in [1.807, 2.05) is 30.5 Å². The SMILES string of the molecule is O=C(NCCCc1ccccn1)C1CCCCN1Cc1ccccc1. The fourth-order valence-corrected chi connectivity index (χ4v) is 3.44. The van der Waals surface area contributed by atoms with E-state index in [-0.39, 0.29) is 11.9 Å². The molecule has 1 unspecified atom stereocenters. The molecule has 4 nitrogen and oxygen atoms in total. The highest BCUT2D eigenvalue weighted by molar-refractivity contribution is 5.81. The van der Waals surface area contributed by atoms with Crippen molar-refractivity contribution in [3.05, 3.63) is 66.0 Å². The Bertz CT molecular complexity index is 645. The lowest BCUT2D eigenvalue weighted by Crippen LogP contribution is -2.49. The van der Waals surface area contributed by atoms with Crippen LogP contribution in [0.25, 0.3) is 0 Å². The number of aryl methyl sites for hydroxylation is 1. The van der Waals surface area contributed by atoms with Crippen molar-refractivity contribution in [3.63, 3.8) is 0 Å². The van der Waals surface area contributed by atoms with Crippen LogP contribution < -0.4 is 5.32 Å². The van der Waals surface area contributed by atoms with Gasteiger partial charge in [0.05, 0.1) is 6.04 Å². The summed E-state index contributed by atoms with van der Waals surface area (Å²) in [5, 5.41) is 3.13. The van der Waals surface area contributed by atoms with Crippen molar-refractivity contribution >= 4 is 5.91 Å². The molecule has 1 saturated heterocycles. The van der Waals surface area contributed by atoms with Gasteiger partial charge in [0.1, 0.15) is 0 Å². The van der Waals surface area contributed by atoms with E-state index in [2.05, 4.69) is 39.5 Å². The van der Waals surface area contributed by atoms with Crippen LogP contribution in [0.1, 0.15) is 36.9 Å². The fraction of sp³-hybridized carbons (Fsp3) is 0.429. The molecule has 25 heavy (non-hydrogen) atoms. The lowest BCUT2D eigenvalue weighted by Gasteiger charge is -2.34. The van der Waals surface area contributed by atoms with Crippen LogP contribution in [0.5, 0.6) is 0 Å². The number of nitrogens with zero attached hydrogens (tertiary/aromatic N) is 2. The molecule has 1 fully saturated rings. The third-order valence-corrected chi connectivity index (χ3v) is 4.78. The summed E-state index contributed by atoms with van der Waals surface area (Å²) in [6.07, 6.45) is 6.91. The van der Waals surface area contributed by atoms with Gasteiger partial charge in [0.25, 0.3) is 0 Å². The number of amides is 1. The average Bonchev–Trinajstić information content (AvgIpc) is 2.67. The van der Waals surface area contributed by atoms with Gasteiger partial charge >= 0.3 is 0 Å². The second kappa shape index (κ2) is 9.33. The molecule has 1 amide bonds. The molecule has 0 saturated carbocycles. The molecule has 0 aliphatic carbocycles. The van der Waals surface area contributed by atoms with Crippen molar-refractivity contribution in [1.29, 1.82) is 0 Å². The number of piperidine rings is 1. The topological polar surface area (TPSA) is 45.2 Å². The van der Waals surface area contributed by atoms with E-state index in [1.165, 1.54) is 12.0 Å². The normalized spacial score (nSPS) is 18.0. The standard InChI is InChI=1S/C21H27N3O/c25-21(23-15-8-12-19-11-4-6-14-22-19)20-13-5-7-16-24(20)17-18-9-2-1-3-10-18/h1-4,6,9-11,14,20H,5,7-8,12-13,15-17H2,(H,23,25).